The van der Waals surface area contributed by atoms with E-state index in [1.807, 2.05) is 12.1 Å². The molecule has 0 atom stereocenters. The maximum atomic E-state index is 15.0. The SMILES string of the molecule is Cc1cc(C(=O)Nc2ccc(C(=N)N3CCC(C(=O)O)CC3)cc2F)n(-c2cc3ccccc3cc2F)n1. The molecule has 0 spiro atoms. The monoisotopic (exact) mass is 517 g/mol. The van der Waals surface area contributed by atoms with Crippen LogP contribution in [0.3, 0.4) is 0 Å². The predicted octanol–water partition coefficient (Wildman–Crippen LogP) is 4.99. The number of aliphatic carboxylic acids is 1. The van der Waals surface area contributed by atoms with Gasteiger partial charge in [0.15, 0.2) is 0 Å². The number of amidine groups is 1. The van der Waals surface area contributed by atoms with E-state index in [-0.39, 0.29) is 22.9 Å². The summed E-state index contributed by atoms with van der Waals surface area (Å²) in [4.78, 5) is 26.0. The number of rotatable bonds is 5. The summed E-state index contributed by atoms with van der Waals surface area (Å²) < 4.78 is 31.2. The Balaban J connectivity index is 1.36. The lowest BCUT2D eigenvalue weighted by molar-refractivity contribution is -0.143. The molecular formula is C28H25F2N5O3. The standard InChI is InChI=1S/C28H25F2N5O3/c1-16-12-25(35(33-16)24-15-19-5-3-2-4-18(19)13-22(24)30)27(36)32-23-7-6-20(14-21(23)29)26(31)34-10-8-17(9-11-34)28(37)38/h2-7,12-15,17,31H,8-11H2,1H3,(H,32,36)(H,37,38). The molecule has 5 rings (SSSR count). The highest BCUT2D eigenvalue weighted by Crippen LogP contribution is 2.25. The Morgan fingerprint density at radius 2 is 1.68 bits per heavy atom. The Labute approximate surface area is 217 Å². The van der Waals surface area contributed by atoms with Crippen LogP contribution in [-0.4, -0.2) is 50.6 Å². The number of piperidine rings is 1. The first kappa shape index (κ1) is 25.1. The van der Waals surface area contributed by atoms with Crippen molar-refractivity contribution in [2.45, 2.75) is 19.8 Å². The number of halogens is 2. The second-order valence-corrected chi connectivity index (χ2v) is 9.33. The van der Waals surface area contributed by atoms with Crippen LogP contribution in [0.4, 0.5) is 14.5 Å². The number of aryl methyl sites for hydroxylation is 1. The molecular weight excluding hydrogens is 492 g/mol. The van der Waals surface area contributed by atoms with Crippen LogP contribution < -0.4 is 5.32 Å². The molecule has 8 nitrogen and oxygen atoms in total. The van der Waals surface area contributed by atoms with Crippen LogP contribution in [0.2, 0.25) is 0 Å². The third-order valence-corrected chi connectivity index (χ3v) is 6.76. The number of hydrogen-bond donors (Lipinski definition) is 3. The molecule has 1 aliphatic rings. The van der Waals surface area contributed by atoms with Crippen molar-refractivity contribution in [2.75, 3.05) is 18.4 Å². The quantitative estimate of drug-likeness (QED) is 0.255. The zero-order chi connectivity index (χ0) is 27.0. The molecule has 0 saturated carbocycles. The highest BCUT2D eigenvalue weighted by atomic mass is 19.1. The number of anilines is 1. The Morgan fingerprint density at radius 1 is 1.00 bits per heavy atom. The van der Waals surface area contributed by atoms with Gasteiger partial charge in [-0.1, -0.05) is 24.3 Å². The van der Waals surface area contributed by atoms with Crippen molar-refractivity contribution in [3.63, 3.8) is 0 Å². The lowest BCUT2D eigenvalue weighted by atomic mass is 9.96. The van der Waals surface area contributed by atoms with Gasteiger partial charge in [0, 0.05) is 18.7 Å². The van der Waals surface area contributed by atoms with E-state index in [0.717, 1.165) is 11.5 Å². The third-order valence-electron chi connectivity index (χ3n) is 6.76. The van der Waals surface area contributed by atoms with Crippen molar-refractivity contribution in [3.8, 4) is 5.69 Å². The number of fused-ring (bicyclic) bond motifs is 1. The third kappa shape index (κ3) is 4.84. The number of amides is 1. The van der Waals surface area contributed by atoms with Gasteiger partial charge in [0.05, 0.1) is 17.3 Å². The van der Waals surface area contributed by atoms with Gasteiger partial charge >= 0.3 is 5.97 Å². The maximum Gasteiger partial charge on any atom is 0.306 e. The molecule has 1 aliphatic heterocycles. The van der Waals surface area contributed by atoms with Crippen LogP contribution in [0.1, 0.15) is 34.6 Å². The topological polar surface area (TPSA) is 111 Å². The summed E-state index contributed by atoms with van der Waals surface area (Å²) in [6.45, 7) is 2.46. The van der Waals surface area contributed by atoms with Gasteiger partial charge in [-0.15, -0.1) is 0 Å². The minimum absolute atomic E-state index is 0.0363. The van der Waals surface area contributed by atoms with E-state index in [9.17, 15) is 18.4 Å². The van der Waals surface area contributed by atoms with Crippen molar-refractivity contribution in [1.29, 1.82) is 5.41 Å². The van der Waals surface area contributed by atoms with Crippen molar-refractivity contribution in [1.82, 2.24) is 14.7 Å². The number of carboxylic acids is 1. The van der Waals surface area contributed by atoms with E-state index < -0.39 is 29.4 Å². The van der Waals surface area contributed by atoms with Crippen LogP contribution in [0, 0.1) is 29.9 Å². The normalized spacial score (nSPS) is 14.0. The molecule has 2 heterocycles. The average Bonchev–Trinajstić information content (AvgIpc) is 3.30. The van der Waals surface area contributed by atoms with Gasteiger partial charge in [0.25, 0.3) is 5.91 Å². The van der Waals surface area contributed by atoms with E-state index in [1.54, 1.807) is 30.0 Å². The number of aromatic nitrogens is 2. The Morgan fingerprint density at radius 3 is 2.34 bits per heavy atom. The zero-order valence-electron chi connectivity index (χ0n) is 20.5. The number of carboxylic acid groups (broad SMARTS) is 1. The van der Waals surface area contributed by atoms with E-state index >= 15 is 0 Å². The molecule has 38 heavy (non-hydrogen) atoms. The van der Waals surface area contributed by atoms with Gasteiger partial charge < -0.3 is 15.3 Å². The second kappa shape index (κ2) is 10.0. The summed E-state index contributed by atoms with van der Waals surface area (Å²) in [5.74, 6) is -3.15. The number of likely N-dealkylation sites (tertiary alicyclic amines) is 1. The second-order valence-electron chi connectivity index (χ2n) is 9.33. The molecule has 1 aromatic heterocycles. The largest absolute Gasteiger partial charge is 0.481 e. The van der Waals surface area contributed by atoms with E-state index in [2.05, 4.69) is 10.4 Å². The van der Waals surface area contributed by atoms with Crippen molar-refractivity contribution in [3.05, 3.63) is 89.2 Å². The molecule has 0 aliphatic carbocycles. The number of carbonyl (C=O) groups is 2. The van der Waals surface area contributed by atoms with E-state index in [4.69, 9.17) is 10.5 Å². The molecule has 0 radical (unpaired) electrons. The summed E-state index contributed by atoms with van der Waals surface area (Å²) in [7, 11) is 0. The fourth-order valence-corrected chi connectivity index (χ4v) is 4.69. The fourth-order valence-electron chi connectivity index (χ4n) is 4.69. The molecule has 1 fully saturated rings. The molecule has 4 aromatic rings. The summed E-state index contributed by atoms with van der Waals surface area (Å²) in [5, 5.41) is 25.9. The molecule has 0 bridgehead atoms. The van der Waals surface area contributed by atoms with Crippen LogP contribution in [-0.2, 0) is 4.79 Å². The van der Waals surface area contributed by atoms with Gasteiger partial charge in [-0.25, -0.2) is 13.5 Å². The molecule has 3 N–H and O–H groups in total. The van der Waals surface area contributed by atoms with Crippen molar-refractivity contribution >= 4 is 34.2 Å². The van der Waals surface area contributed by atoms with Gasteiger partial charge in [-0.05, 0) is 66.9 Å². The van der Waals surface area contributed by atoms with Crippen LogP contribution in [0.25, 0.3) is 16.5 Å². The molecule has 1 amide bonds. The van der Waals surface area contributed by atoms with Gasteiger partial charge in [0.2, 0.25) is 0 Å². The predicted molar refractivity (Wildman–Crippen MR) is 139 cm³/mol. The van der Waals surface area contributed by atoms with Crippen LogP contribution in [0.15, 0.2) is 60.7 Å². The average molecular weight is 518 g/mol. The van der Waals surface area contributed by atoms with E-state index in [1.165, 1.54) is 28.9 Å². The van der Waals surface area contributed by atoms with Crippen molar-refractivity contribution in [2.24, 2.45) is 5.92 Å². The number of hydrogen-bond acceptors (Lipinski definition) is 4. The Hall–Kier alpha value is -4.60. The summed E-state index contributed by atoms with van der Waals surface area (Å²) in [5.41, 5.74) is 0.833. The lowest BCUT2D eigenvalue weighted by Crippen LogP contribution is -2.40. The minimum Gasteiger partial charge on any atom is -0.481 e. The number of benzene rings is 3. The molecule has 3 aromatic carbocycles. The maximum absolute atomic E-state index is 15.0. The van der Waals surface area contributed by atoms with Crippen LogP contribution >= 0.6 is 0 Å². The van der Waals surface area contributed by atoms with E-state index in [0.29, 0.717) is 42.6 Å². The summed E-state index contributed by atoms with van der Waals surface area (Å²) in [6, 6.07) is 15.8. The first-order chi connectivity index (χ1) is 18.2. The number of nitrogens with one attached hydrogen (secondary N) is 2. The van der Waals surface area contributed by atoms with Crippen molar-refractivity contribution < 1.29 is 23.5 Å². The van der Waals surface area contributed by atoms with Gasteiger partial charge in [-0.3, -0.25) is 15.0 Å². The number of carbonyl (C=O) groups excluding carboxylic acids is 1. The summed E-state index contributed by atoms with van der Waals surface area (Å²) >= 11 is 0. The van der Waals surface area contributed by atoms with Crippen LogP contribution in [0.5, 0.6) is 0 Å². The zero-order valence-corrected chi connectivity index (χ0v) is 20.5. The number of nitrogens with zero attached hydrogens (tertiary/aromatic N) is 3. The molecule has 1 saturated heterocycles. The minimum atomic E-state index is -0.845. The smallest absolute Gasteiger partial charge is 0.306 e. The Kier molecular flexibility index (Phi) is 6.62. The van der Waals surface area contributed by atoms with Gasteiger partial charge in [-0.2, -0.15) is 5.10 Å². The lowest BCUT2D eigenvalue weighted by Gasteiger charge is -2.32. The molecule has 194 valence electrons. The fraction of sp³-hybridized carbons (Fsp3) is 0.214. The highest BCUT2D eigenvalue weighted by Gasteiger charge is 2.26. The Bertz CT molecular complexity index is 1570. The first-order valence-electron chi connectivity index (χ1n) is 12.1. The molecule has 0 unspecified atom stereocenters. The molecule has 10 heteroatoms. The summed E-state index contributed by atoms with van der Waals surface area (Å²) in [6.07, 6.45) is 0.832. The first-order valence-corrected chi connectivity index (χ1v) is 12.1. The van der Waals surface area contributed by atoms with Gasteiger partial charge in [0.1, 0.15) is 28.9 Å². The highest BCUT2D eigenvalue weighted by molar-refractivity contribution is 6.04.